The minimum absolute atomic E-state index is 0.0835. The number of amides is 3. The van der Waals surface area contributed by atoms with E-state index in [9.17, 15) is 31.5 Å². The van der Waals surface area contributed by atoms with Crippen molar-refractivity contribution in [2.45, 2.75) is 25.6 Å². The van der Waals surface area contributed by atoms with Crippen molar-refractivity contribution in [3.63, 3.8) is 0 Å². The standard InChI is InChI=1S/C18H14ClF5N2O3/c1-8-7-13(29-18(23,24)16(19)22)9(2)6-12(8)25-17(28)26-15(27)14-10(20)4-3-5-11(14)21/h3-7,16H,1-2H3,(H2,25,26,27,28). The summed E-state index contributed by atoms with van der Waals surface area (Å²) in [6, 6.07) is 3.94. The zero-order valence-corrected chi connectivity index (χ0v) is 15.7. The maximum Gasteiger partial charge on any atom is 0.444 e. The highest BCUT2D eigenvalue weighted by molar-refractivity contribution is 6.20. The van der Waals surface area contributed by atoms with Crippen LogP contribution in [0.25, 0.3) is 0 Å². The molecule has 0 aliphatic rings. The van der Waals surface area contributed by atoms with Crippen LogP contribution < -0.4 is 15.4 Å². The van der Waals surface area contributed by atoms with Crippen LogP contribution in [0.2, 0.25) is 0 Å². The Labute approximate surface area is 166 Å². The highest BCUT2D eigenvalue weighted by Crippen LogP contribution is 2.33. The maximum atomic E-state index is 13.6. The Hall–Kier alpha value is -2.88. The van der Waals surface area contributed by atoms with Gasteiger partial charge in [-0.2, -0.15) is 8.78 Å². The summed E-state index contributed by atoms with van der Waals surface area (Å²) >= 11 is 4.74. The molecule has 0 bridgehead atoms. The van der Waals surface area contributed by atoms with Gasteiger partial charge in [-0.25, -0.2) is 18.0 Å². The van der Waals surface area contributed by atoms with Crippen LogP contribution in [-0.4, -0.2) is 23.7 Å². The van der Waals surface area contributed by atoms with E-state index in [4.69, 9.17) is 11.6 Å². The molecule has 156 valence electrons. The van der Waals surface area contributed by atoms with E-state index in [1.54, 1.807) is 5.32 Å². The second kappa shape index (κ2) is 8.64. The van der Waals surface area contributed by atoms with Crippen molar-refractivity contribution >= 4 is 29.2 Å². The summed E-state index contributed by atoms with van der Waals surface area (Å²) in [6.45, 7) is 2.75. The van der Waals surface area contributed by atoms with Crippen LogP contribution in [0.4, 0.5) is 32.4 Å². The van der Waals surface area contributed by atoms with E-state index in [1.807, 2.05) is 0 Å². The topological polar surface area (TPSA) is 67.4 Å². The van der Waals surface area contributed by atoms with Crippen molar-refractivity contribution < 1.29 is 36.3 Å². The van der Waals surface area contributed by atoms with E-state index in [1.165, 1.54) is 19.9 Å². The Bertz CT molecular complexity index is 933. The number of alkyl halides is 4. The third-order valence-corrected chi connectivity index (χ3v) is 3.94. The number of hydrogen-bond donors (Lipinski definition) is 2. The van der Waals surface area contributed by atoms with Gasteiger partial charge in [-0.05, 0) is 49.2 Å². The molecule has 29 heavy (non-hydrogen) atoms. The zero-order chi connectivity index (χ0) is 21.9. The van der Waals surface area contributed by atoms with Crippen molar-refractivity contribution in [3.8, 4) is 5.75 Å². The third-order valence-electron chi connectivity index (χ3n) is 3.69. The minimum Gasteiger partial charge on any atom is -0.429 e. The van der Waals surface area contributed by atoms with Gasteiger partial charge in [-0.3, -0.25) is 10.1 Å². The lowest BCUT2D eigenvalue weighted by Gasteiger charge is -2.20. The molecule has 2 aromatic carbocycles. The van der Waals surface area contributed by atoms with Crippen LogP contribution in [0.3, 0.4) is 0 Å². The average Bonchev–Trinajstić information content (AvgIpc) is 2.58. The fraction of sp³-hybridized carbons (Fsp3) is 0.222. The minimum atomic E-state index is -4.28. The predicted octanol–water partition coefficient (Wildman–Crippen LogP) is 5.05. The molecular weight excluding hydrogens is 423 g/mol. The Balaban J connectivity index is 2.15. The van der Waals surface area contributed by atoms with Crippen molar-refractivity contribution in [2.24, 2.45) is 0 Å². The lowest BCUT2D eigenvalue weighted by molar-refractivity contribution is -0.199. The number of benzene rings is 2. The molecule has 0 aromatic heterocycles. The number of rotatable bonds is 5. The first-order valence-corrected chi connectivity index (χ1v) is 8.38. The second-order valence-corrected chi connectivity index (χ2v) is 6.29. The molecule has 0 spiro atoms. The number of ether oxygens (including phenoxy) is 1. The molecule has 0 fully saturated rings. The van der Waals surface area contributed by atoms with Crippen molar-refractivity contribution in [2.75, 3.05) is 5.32 Å². The van der Waals surface area contributed by atoms with Crippen molar-refractivity contribution in [1.82, 2.24) is 5.32 Å². The lowest BCUT2D eigenvalue weighted by atomic mass is 10.1. The monoisotopic (exact) mass is 436 g/mol. The molecule has 11 heteroatoms. The summed E-state index contributed by atoms with van der Waals surface area (Å²) in [6.07, 6.45) is -4.28. The number of aryl methyl sites for hydroxylation is 2. The molecule has 0 aliphatic heterocycles. The Morgan fingerprint density at radius 3 is 2.24 bits per heavy atom. The first kappa shape index (κ1) is 22.4. The van der Waals surface area contributed by atoms with Gasteiger partial charge >= 0.3 is 12.1 Å². The summed E-state index contributed by atoms with van der Waals surface area (Å²) in [4.78, 5) is 23.9. The van der Waals surface area contributed by atoms with E-state index in [0.29, 0.717) is 0 Å². The van der Waals surface area contributed by atoms with Crippen LogP contribution in [0.1, 0.15) is 21.5 Å². The van der Waals surface area contributed by atoms with Gasteiger partial charge in [0.05, 0.1) is 0 Å². The molecule has 1 atom stereocenters. The van der Waals surface area contributed by atoms with E-state index in [2.05, 4.69) is 10.1 Å². The van der Waals surface area contributed by atoms with Crippen molar-refractivity contribution in [3.05, 3.63) is 58.7 Å². The fourth-order valence-corrected chi connectivity index (χ4v) is 2.30. The van der Waals surface area contributed by atoms with Gasteiger partial charge in [0, 0.05) is 5.69 Å². The third kappa shape index (κ3) is 5.35. The normalized spacial score (nSPS) is 12.3. The quantitative estimate of drug-likeness (QED) is 0.509. The van der Waals surface area contributed by atoms with Gasteiger partial charge in [0.25, 0.3) is 11.5 Å². The Kier molecular flexibility index (Phi) is 6.68. The molecule has 1 unspecified atom stereocenters. The molecular formula is C18H14ClF5N2O3. The molecule has 0 aliphatic carbocycles. The van der Waals surface area contributed by atoms with Gasteiger partial charge in [0.1, 0.15) is 22.9 Å². The van der Waals surface area contributed by atoms with Gasteiger partial charge in [0.2, 0.25) is 0 Å². The van der Waals surface area contributed by atoms with Crippen LogP contribution in [-0.2, 0) is 0 Å². The fourth-order valence-electron chi connectivity index (χ4n) is 2.26. The smallest absolute Gasteiger partial charge is 0.429 e. The number of hydrogen-bond acceptors (Lipinski definition) is 3. The first-order chi connectivity index (χ1) is 13.4. The van der Waals surface area contributed by atoms with E-state index in [-0.39, 0.29) is 22.6 Å². The van der Waals surface area contributed by atoms with Gasteiger partial charge < -0.3 is 10.1 Å². The average molecular weight is 437 g/mol. The predicted molar refractivity (Wildman–Crippen MR) is 95.1 cm³/mol. The van der Waals surface area contributed by atoms with Crippen LogP contribution in [0.5, 0.6) is 5.75 Å². The number of carbonyl (C=O) groups excluding carboxylic acids is 2. The van der Waals surface area contributed by atoms with Crippen LogP contribution in [0, 0.1) is 25.5 Å². The summed E-state index contributed by atoms with van der Waals surface area (Å²) in [5.41, 5.74) is -3.63. The summed E-state index contributed by atoms with van der Waals surface area (Å²) in [7, 11) is 0. The SMILES string of the molecule is Cc1cc(OC(F)(F)C(F)Cl)c(C)cc1NC(=O)NC(=O)c1c(F)cccc1F. The van der Waals surface area contributed by atoms with Crippen molar-refractivity contribution in [1.29, 1.82) is 0 Å². The number of halogens is 6. The largest absolute Gasteiger partial charge is 0.444 e. The zero-order valence-electron chi connectivity index (χ0n) is 15.0. The Morgan fingerprint density at radius 1 is 1.10 bits per heavy atom. The highest BCUT2D eigenvalue weighted by atomic mass is 35.5. The van der Waals surface area contributed by atoms with Crippen LogP contribution >= 0.6 is 11.6 Å². The number of imide groups is 1. The van der Waals surface area contributed by atoms with Gasteiger partial charge in [-0.1, -0.05) is 17.7 Å². The molecule has 0 saturated heterocycles. The van der Waals surface area contributed by atoms with E-state index >= 15 is 0 Å². The van der Waals surface area contributed by atoms with Crippen LogP contribution in [0.15, 0.2) is 30.3 Å². The second-order valence-electron chi connectivity index (χ2n) is 5.90. The van der Waals surface area contributed by atoms with E-state index in [0.717, 1.165) is 24.3 Å². The molecule has 0 heterocycles. The molecule has 2 aromatic rings. The molecule has 0 saturated carbocycles. The highest BCUT2D eigenvalue weighted by Gasteiger charge is 2.42. The number of urea groups is 1. The number of anilines is 1. The molecule has 0 radical (unpaired) electrons. The Morgan fingerprint density at radius 2 is 1.69 bits per heavy atom. The first-order valence-electron chi connectivity index (χ1n) is 7.95. The van der Waals surface area contributed by atoms with Gasteiger partial charge in [0.15, 0.2) is 0 Å². The molecule has 2 N–H and O–H groups in total. The summed E-state index contributed by atoms with van der Waals surface area (Å²) < 4.78 is 70.8. The molecule has 3 amide bonds. The number of nitrogens with one attached hydrogen (secondary N) is 2. The molecule has 5 nitrogen and oxygen atoms in total. The van der Waals surface area contributed by atoms with E-state index < -0.39 is 40.9 Å². The summed E-state index contributed by atoms with van der Waals surface area (Å²) in [5, 5.41) is 4.00. The van der Waals surface area contributed by atoms with Gasteiger partial charge in [-0.15, -0.1) is 0 Å². The summed E-state index contributed by atoms with van der Waals surface area (Å²) in [5.74, 6) is -4.01. The maximum absolute atomic E-state index is 13.6. The lowest BCUT2D eigenvalue weighted by Crippen LogP contribution is -2.35. The molecule has 2 rings (SSSR count). The number of carbonyl (C=O) groups is 2.